The Hall–Kier alpha value is -0.660. The van der Waals surface area contributed by atoms with E-state index in [1.807, 2.05) is 13.8 Å². The SMILES string of the molecule is CC(C)(C=O)CCCCC=N. The van der Waals surface area contributed by atoms with Crippen molar-refractivity contribution in [2.45, 2.75) is 39.5 Å². The van der Waals surface area contributed by atoms with Crippen LogP contribution < -0.4 is 0 Å². The van der Waals surface area contributed by atoms with E-state index >= 15 is 0 Å². The molecule has 0 amide bonds. The molecule has 1 N–H and O–H groups in total. The van der Waals surface area contributed by atoms with E-state index in [1.165, 1.54) is 6.21 Å². The lowest BCUT2D eigenvalue weighted by molar-refractivity contribution is -0.115. The van der Waals surface area contributed by atoms with Gasteiger partial charge in [-0.25, -0.2) is 0 Å². The van der Waals surface area contributed by atoms with Crippen molar-refractivity contribution >= 4 is 12.5 Å². The Morgan fingerprint density at radius 3 is 2.45 bits per heavy atom. The first-order valence-electron chi connectivity index (χ1n) is 4.07. The molecule has 2 heteroatoms. The van der Waals surface area contributed by atoms with Crippen LogP contribution in [-0.4, -0.2) is 12.5 Å². The number of carbonyl (C=O) groups excluding carboxylic acids is 1. The monoisotopic (exact) mass is 155 g/mol. The Bertz CT molecular complexity index is 130. The second kappa shape index (κ2) is 5.05. The molecule has 0 aromatic carbocycles. The van der Waals surface area contributed by atoms with Crippen molar-refractivity contribution in [3.63, 3.8) is 0 Å². The van der Waals surface area contributed by atoms with E-state index in [0.717, 1.165) is 32.0 Å². The van der Waals surface area contributed by atoms with Crippen molar-refractivity contribution in [3.05, 3.63) is 0 Å². The maximum absolute atomic E-state index is 10.4. The molecular weight excluding hydrogens is 138 g/mol. The van der Waals surface area contributed by atoms with Crippen LogP contribution in [0.3, 0.4) is 0 Å². The summed E-state index contributed by atoms with van der Waals surface area (Å²) in [6, 6.07) is 0. The molecule has 2 nitrogen and oxygen atoms in total. The van der Waals surface area contributed by atoms with Crippen LogP contribution in [0.15, 0.2) is 0 Å². The van der Waals surface area contributed by atoms with Gasteiger partial charge in [-0.1, -0.05) is 20.3 Å². The average Bonchev–Trinajstić information content (AvgIpc) is 1.99. The summed E-state index contributed by atoms with van der Waals surface area (Å²) < 4.78 is 0. The molecule has 0 heterocycles. The second-order valence-electron chi connectivity index (χ2n) is 3.56. The number of nitrogens with one attached hydrogen (secondary N) is 1. The zero-order chi connectivity index (χ0) is 8.74. The Kier molecular flexibility index (Phi) is 4.75. The fraction of sp³-hybridized carbons (Fsp3) is 0.778. The highest BCUT2D eigenvalue weighted by Gasteiger charge is 2.14. The molecule has 0 aliphatic rings. The van der Waals surface area contributed by atoms with Gasteiger partial charge in [0.15, 0.2) is 0 Å². The number of hydrogen-bond donors (Lipinski definition) is 1. The topological polar surface area (TPSA) is 40.9 Å². The Balaban J connectivity index is 3.37. The van der Waals surface area contributed by atoms with Crippen LogP contribution in [0, 0.1) is 10.8 Å². The third-order valence-corrected chi connectivity index (χ3v) is 1.74. The lowest BCUT2D eigenvalue weighted by Gasteiger charge is -2.15. The molecule has 0 radical (unpaired) electrons. The van der Waals surface area contributed by atoms with Crippen LogP contribution in [0.4, 0.5) is 0 Å². The van der Waals surface area contributed by atoms with E-state index in [9.17, 15) is 4.79 Å². The highest BCUT2D eigenvalue weighted by atomic mass is 16.1. The Morgan fingerprint density at radius 1 is 1.36 bits per heavy atom. The first-order valence-corrected chi connectivity index (χ1v) is 4.07. The molecule has 0 spiro atoms. The largest absolute Gasteiger partial charge is 0.313 e. The van der Waals surface area contributed by atoms with Gasteiger partial charge in [0, 0.05) is 5.41 Å². The third kappa shape index (κ3) is 5.77. The van der Waals surface area contributed by atoms with Gasteiger partial charge in [0.1, 0.15) is 6.29 Å². The van der Waals surface area contributed by atoms with E-state index < -0.39 is 0 Å². The van der Waals surface area contributed by atoms with Crippen molar-refractivity contribution in [1.29, 1.82) is 5.41 Å². The normalized spacial score (nSPS) is 11.1. The van der Waals surface area contributed by atoms with Crippen molar-refractivity contribution in [3.8, 4) is 0 Å². The molecule has 0 saturated carbocycles. The van der Waals surface area contributed by atoms with Crippen molar-refractivity contribution in [2.75, 3.05) is 0 Å². The lowest BCUT2D eigenvalue weighted by Crippen LogP contribution is -2.12. The van der Waals surface area contributed by atoms with E-state index in [0.29, 0.717) is 0 Å². The maximum atomic E-state index is 10.4. The lowest BCUT2D eigenvalue weighted by atomic mass is 9.89. The highest BCUT2D eigenvalue weighted by Crippen LogP contribution is 2.19. The van der Waals surface area contributed by atoms with Crippen LogP contribution >= 0.6 is 0 Å². The molecule has 0 aliphatic heterocycles. The van der Waals surface area contributed by atoms with E-state index in [2.05, 4.69) is 0 Å². The minimum Gasteiger partial charge on any atom is -0.313 e. The molecule has 0 saturated heterocycles. The van der Waals surface area contributed by atoms with Crippen LogP contribution in [0.25, 0.3) is 0 Å². The third-order valence-electron chi connectivity index (χ3n) is 1.74. The molecule has 0 rings (SSSR count). The van der Waals surface area contributed by atoms with Gasteiger partial charge >= 0.3 is 0 Å². The van der Waals surface area contributed by atoms with Crippen LogP contribution in [0.2, 0.25) is 0 Å². The molecule has 0 bridgehead atoms. The predicted octanol–water partition coefficient (Wildman–Crippen LogP) is 2.42. The van der Waals surface area contributed by atoms with E-state index in [-0.39, 0.29) is 5.41 Å². The smallest absolute Gasteiger partial charge is 0.125 e. The molecular formula is C9H17NO. The Labute approximate surface area is 68.5 Å². The van der Waals surface area contributed by atoms with E-state index in [1.54, 1.807) is 0 Å². The highest BCUT2D eigenvalue weighted by molar-refractivity contribution is 5.57. The zero-order valence-electron chi connectivity index (χ0n) is 7.39. The number of aldehydes is 1. The number of carbonyl (C=O) groups is 1. The summed E-state index contributed by atoms with van der Waals surface area (Å²) in [4.78, 5) is 10.4. The summed E-state index contributed by atoms with van der Waals surface area (Å²) in [7, 11) is 0. The molecule has 0 aliphatic carbocycles. The van der Waals surface area contributed by atoms with E-state index in [4.69, 9.17) is 5.41 Å². The number of unbranched alkanes of at least 4 members (excludes halogenated alkanes) is 2. The van der Waals surface area contributed by atoms with Gasteiger partial charge in [0.2, 0.25) is 0 Å². The summed E-state index contributed by atoms with van der Waals surface area (Å²) >= 11 is 0. The van der Waals surface area contributed by atoms with Crippen molar-refractivity contribution in [2.24, 2.45) is 5.41 Å². The van der Waals surface area contributed by atoms with Gasteiger partial charge in [-0.15, -0.1) is 0 Å². The maximum Gasteiger partial charge on any atom is 0.125 e. The first kappa shape index (κ1) is 10.3. The summed E-state index contributed by atoms with van der Waals surface area (Å²) in [6.45, 7) is 3.90. The molecule has 0 unspecified atom stereocenters. The standard InChI is InChI=1S/C9H17NO/c1-9(2,8-11)6-4-3-5-7-10/h7-8,10H,3-6H2,1-2H3. The molecule has 0 aromatic heterocycles. The number of rotatable bonds is 6. The molecule has 11 heavy (non-hydrogen) atoms. The van der Waals surface area contributed by atoms with Gasteiger partial charge in [0.05, 0.1) is 0 Å². The van der Waals surface area contributed by atoms with Gasteiger partial charge in [-0.2, -0.15) is 0 Å². The molecule has 0 atom stereocenters. The molecule has 0 aromatic rings. The summed E-state index contributed by atoms with van der Waals surface area (Å²) in [5.41, 5.74) is -0.165. The Morgan fingerprint density at radius 2 is 2.00 bits per heavy atom. The summed E-state index contributed by atoms with van der Waals surface area (Å²) in [5, 5.41) is 6.79. The molecule has 64 valence electrons. The van der Waals surface area contributed by atoms with Gasteiger partial charge < -0.3 is 10.2 Å². The van der Waals surface area contributed by atoms with Gasteiger partial charge in [-0.05, 0) is 25.5 Å². The fourth-order valence-electron chi connectivity index (χ4n) is 0.886. The van der Waals surface area contributed by atoms with Crippen molar-refractivity contribution in [1.82, 2.24) is 0 Å². The summed E-state index contributed by atoms with van der Waals surface area (Å²) in [5.74, 6) is 0. The average molecular weight is 155 g/mol. The fourth-order valence-corrected chi connectivity index (χ4v) is 0.886. The first-order chi connectivity index (χ1) is 5.12. The predicted molar refractivity (Wildman–Crippen MR) is 47.1 cm³/mol. The second-order valence-corrected chi connectivity index (χ2v) is 3.56. The van der Waals surface area contributed by atoms with Gasteiger partial charge in [0.25, 0.3) is 0 Å². The molecule has 0 fully saturated rings. The van der Waals surface area contributed by atoms with Crippen LogP contribution in [-0.2, 0) is 4.79 Å². The van der Waals surface area contributed by atoms with Gasteiger partial charge in [-0.3, -0.25) is 0 Å². The van der Waals surface area contributed by atoms with Crippen LogP contribution in [0.1, 0.15) is 39.5 Å². The minimum atomic E-state index is -0.165. The van der Waals surface area contributed by atoms with Crippen molar-refractivity contribution < 1.29 is 4.79 Å². The quantitative estimate of drug-likeness (QED) is 0.357. The number of hydrogen-bond acceptors (Lipinski definition) is 2. The zero-order valence-corrected chi connectivity index (χ0v) is 7.39. The summed E-state index contributed by atoms with van der Waals surface area (Å²) in [6.07, 6.45) is 6.28. The van der Waals surface area contributed by atoms with Crippen LogP contribution in [0.5, 0.6) is 0 Å². The minimum absolute atomic E-state index is 0.165.